The molecule has 1 spiro atoms. The van der Waals surface area contributed by atoms with Gasteiger partial charge in [-0.25, -0.2) is 0 Å². The number of nitrogens with one attached hydrogen (secondary N) is 2. The first-order valence-electron chi connectivity index (χ1n) is 10.9. The van der Waals surface area contributed by atoms with Gasteiger partial charge in [0, 0.05) is 44.7 Å². The molecule has 0 aliphatic carbocycles. The van der Waals surface area contributed by atoms with Crippen molar-refractivity contribution in [3.8, 4) is 0 Å². The number of ether oxygens (including phenoxy) is 1. The van der Waals surface area contributed by atoms with Crippen LogP contribution in [0.1, 0.15) is 47.2 Å². The summed E-state index contributed by atoms with van der Waals surface area (Å²) in [5, 5.41) is 5.81. The van der Waals surface area contributed by atoms with E-state index in [9.17, 15) is 14.4 Å². The zero-order chi connectivity index (χ0) is 20.7. The molecule has 1 aromatic carbocycles. The largest absolute Gasteiger partial charge is 0.371 e. The van der Waals surface area contributed by atoms with Crippen molar-refractivity contribution in [1.82, 2.24) is 20.4 Å². The number of amides is 3. The Morgan fingerprint density at radius 2 is 2.13 bits per heavy atom. The van der Waals surface area contributed by atoms with Crippen LogP contribution < -0.4 is 10.6 Å². The molecular weight excluding hydrogens is 384 g/mol. The molecule has 3 fully saturated rings. The lowest BCUT2D eigenvalue weighted by atomic mass is 9.91. The van der Waals surface area contributed by atoms with Crippen LogP contribution in [0, 0.1) is 0 Å². The van der Waals surface area contributed by atoms with Crippen LogP contribution in [-0.2, 0) is 27.4 Å². The maximum absolute atomic E-state index is 12.9. The molecule has 3 saturated heterocycles. The third kappa shape index (κ3) is 3.64. The summed E-state index contributed by atoms with van der Waals surface area (Å²) in [5.74, 6) is -0.754. The minimum Gasteiger partial charge on any atom is -0.371 e. The van der Waals surface area contributed by atoms with E-state index in [4.69, 9.17) is 4.74 Å². The maximum Gasteiger partial charge on any atom is 0.255 e. The van der Waals surface area contributed by atoms with Crippen molar-refractivity contribution in [3.05, 3.63) is 34.9 Å². The zero-order valence-corrected chi connectivity index (χ0v) is 17.1. The van der Waals surface area contributed by atoms with Gasteiger partial charge >= 0.3 is 0 Å². The average Bonchev–Trinajstić information content (AvgIpc) is 3.04. The number of carbonyl (C=O) groups is 3. The summed E-state index contributed by atoms with van der Waals surface area (Å²) in [7, 11) is 0. The Bertz CT molecular complexity index is 874. The molecule has 8 heteroatoms. The molecule has 0 aromatic heterocycles. The van der Waals surface area contributed by atoms with Crippen molar-refractivity contribution in [2.45, 2.75) is 50.4 Å². The second kappa shape index (κ2) is 7.76. The molecule has 4 heterocycles. The van der Waals surface area contributed by atoms with Crippen LogP contribution in [0.4, 0.5) is 0 Å². The predicted molar refractivity (Wildman–Crippen MR) is 109 cm³/mol. The van der Waals surface area contributed by atoms with E-state index >= 15 is 0 Å². The van der Waals surface area contributed by atoms with E-state index < -0.39 is 6.04 Å². The van der Waals surface area contributed by atoms with Crippen LogP contribution >= 0.6 is 0 Å². The highest BCUT2D eigenvalue weighted by Crippen LogP contribution is 2.30. The molecule has 160 valence electrons. The number of fused-ring (bicyclic) bond motifs is 1. The Hall–Kier alpha value is -2.29. The standard InChI is InChI=1S/C22H28N4O4/c27-19-5-4-18(20(28)24-19)26-12-16-10-15(2-3-17(16)21(26)29)11-25-8-1-6-22(14-25)13-23-7-9-30-22/h2-3,10,18,23H,1,4-9,11-14H2,(H,24,27,28). The van der Waals surface area contributed by atoms with Crippen molar-refractivity contribution in [3.63, 3.8) is 0 Å². The van der Waals surface area contributed by atoms with Crippen LogP contribution in [0.5, 0.6) is 0 Å². The lowest BCUT2D eigenvalue weighted by Crippen LogP contribution is -2.58. The molecule has 8 nitrogen and oxygen atoms in total. The Kier molecular flexibility index (Phi) is 5.08. The summed E-state index contributed by atoms with van der Waals surface area (Å²) >= 11 is 0. The van der Waals surface area contributed by atoms with Crippen LogP contribution in [0.3, 0.4) is 0 Å². The predicted octanol–water partition coefficient (Wildman–Crippen LogP) is 0.402. The van der Waals surface area contributed by atoms with Gasteiger partial charge in [-0.1, -0.05) is 12.1 Å². The second-order valence-electron chi connectivity index (χ2n) is 8.91. The quantitative estimate of drug-likeness (QED) is 0.699. The highest BCUT2D eigenvalue weighted by atomic mass is 16.5. The Balaban J connectivity index is 1.27. The van der Waals surface area contributed by atoms with Gasteiger partial charge in [0.05, 0.1) is 12.2 Å². The third-order valence-corrected chi connectivity index (χ3v) is 6.75. The SMILES string of the molecule is O=C1CCC(N2Cc3cc(CN4CCCC5(CNCCO5)C4)ccc3C2=O)C(=O)N1. The van der Waals surface area contributed by atoms with E-state index in [-0.39, 0.29) is 29.7 Å². The molecule has 4 aliphatic heterocycles. The number of carbonyl (C=O) groups excluding carboxylic acids is 3. The van der Waals surface area contributed by atoms with Gasteiger partial charge < -0.3 is 15.0 Å². The molecule has 30 heavy (non-hydrogen) atoms. The number of nitrogens with zero attached hydrogens (tertiary/aromatic N) is 2. The number of hydrogen-bond acceptors (Lipinski definition) is 6. The number of hydrogen-bond donors (Lipinski definition) is 2. The molecule has 0 bridgehead atoms. The van der Waals surface area contributed by atoms with Crippen molar-refractivity contribution in [1.29, 1.82) is 0 Å². The van der Waals surface area contributed by atoms with Crippen LogP contribution in [0.25, 0.3) is 0 Å². The molecule has 4 aliphatic rings. The van der Waals surface area contributed by atoms with Gasteiger partial charge in [-0.2, -0.15) is 0 Å². The van der Waals surface area contributed by atoms with Crippen LogP contribution in [0.15, 0.2) is 18.2 Å². The third-order valence-electron chi connectivity index (χ3n) is 6.75. The number of morpholine rings is 1. The highest BCUT2D eigenvalue weighted by molar-refractivity contribution is 6.05. The van der Waals surface area contributed by atoms with Gasteiger partial charge in [0.25, 0.3) is 5.91 Å². The molecule has 1 aromatic rings. The first kappa shape index (κ1) is 19.7. The number of benzene rings is 1. The minimum absolute atomic E-state index is 0.0776. The molecular formula is C22H28N4O4. The monoisotopic (exact) mass is 412 g/mol. The van der Waals surface area contributed by atoms with Gasteiger partial charge in [0.15, 0.2) is 0 Å². The fraction of sp³-hybridized carbons (Fsp3) is 0.591. The van der Waals surface area contributed by atoms with Crippen LogP contribution in [0.2, 0.25) is 0 Å². The normalized spacial score (nSPS) is 29.9. The molecule has 2 N–H and O–H groups in total. The molecule has 5 rings (SSSR count). The average molecular weight is 412 g/mol. The topological polar surface area (TPSA) is 91.0 Å². The van der Waals surface area contributed by atoms with E-state index in [1.165, 1.54) is 5.56 Å². The number of rotatable bonds is 3. The molecule has 0 saturated carbocycles. The summed E-state index contributed by atoms with van der Waals surface area (Å²) in [4.78, 5) is 40.5. The van der Waals surface area contributed by atoms with Gasteiger partial charge in [0.2, 0.25) is 11.8 Å². The fourth-order valence-corrected chi connectivity index (χ4v) is 5.28. The van der Waals surface area contributed by atoms with Crippen molar-refractivity contribution >= 4 is 17.7 Å². The lowest BCUT2D eigenvalue weighted by Gasteiger charge is -2.45. The lowest BCUT2D eigenvalue weighted by molar-refractivity contribution is -0.136. The number of likely N-dealkylation sites (tertiary alicyclic amines) is 1. The second-order valence-corrected chi connectivity index (χ2v) is 8.91. The number of imide groups is 1. The Morgan fingerprint density at radius 1 is 1.23 bits per heavy atom. The van der Waals surface area contributed by atoms with Crippen molar-refractivity contribution in [2.75, 3.05) is 32.8 Å². The summed E-state index contributed by atoms with van der Waals surface area (Å²) in [6.07, 6.45) is 2.88. The van der Waals surface area contributed by atoms with E-state index in [1.54, 1.807) is 4.90 Å². The molecule has 2 unspecified atom stereocenters. The van der Waals surface area contributed by atoms with E-state index in [2.05, 4.69) is 21.6 Å². The van der Waals surface area contributed by atoms with E-state index in [0.717, 1.165) is 57.7 Å². The van der Waals surface area contributed by atoms with Gasteiger partial charge in [-0.3, -0.25) is 24.6 Å². The van der Waals surface area contributed by atoms with Gasteiger partial charge in [-0.15, -0.1) is 0 Å². The molecule has 2 atom stereocenters. The Morgan fingerprint density at radius 3 is 2.93 bits per heavy atom. The van der Waals surface area contributed by atoms with Gasteiger partial charge in [0.1, 0.15) is 6.04 Å². The van der Waals surface area contributed by atoms with Gasteiger partial charge in [-0.05, 0) is 43.0 Å². The zero-order valence-electron chi connectivity index (χ0n) is 17.1. The summed E-state index contributed by atoms with van der Waals surface area (Å²) in [6.45, 7) is 5.80. The fourth-order valence-electron chi connectivity index (χ4n) is 5.28. The van der Waals surface area contributed by atoms with E-state index in [1.807, 2.05) is 12.1 Å². The minimum atomic E-state index is -0.566. The van der Waals surface area contributed by atoms with E-state index in [0.29, 0.717) is 18.5 Å². The van der Waals surface area contributed by atoms with Crippen molar-refractivity contribution < 1.29 is 19.1 Å². The smallest absolute Gasteiger partial charge is 0.255 e. The summed E-state index contributed by atoms with van der Waals surface area (Å²) in [6, 6.07) is 5.44. The highest BCUT2D eigenvalue weighted by Gasteiger charge is 2.40. The maximum atomic E-state index is 12.9. The van der Waals surface area contributed by atoms with Crippen molar-refractivity contribution in [2.24, 2.45) is 0 Å². The first-order valence-corrected chi connectivity index (χ1v) is 10.9. The summed E-state index contributed by atoms with van der Waals surface area (Å²) in [5.41, 5.74) is 2.72. The molecule has 0 radical (unpaired) electrons. The number of piperidine rings is 2. The van der Waals surface area contributed by atoms with Crippen LogP contribution in [-0.4, -0.2) is 72.0 Å². The summed E-state index contributed by atoms with van der Waals surface area (Å²) < 4.78 is 6.14. The Labute approximate surface area is 175 Å². The molecule has 3 amide bonds. The first-order chi connectivity index (χ1) is 14.5.